The second kappa shape index (κ2) is 7.78. The minimum atomic E-state index is -0.426. The van der Waals surface area contributed by atoms with Crippen molar-refractivity contribution in [3.05, 3.63) is 52.9 Å². The van der Waals surface area contributed by atoms with Crippen molar-refractivity contribution in [2.24, 2.45) is 4.99 Å². The summed E-state index contributed by atoms with van der Waals surface area (Å²) in [5, 5.41) is 0.782. The average molecular weight is 330 g/mol. The number of nitrogens with one attached hydrogen (secondary N) is 1. The second-order valence-electron chi connectivity index (χ2n) is 4.92. The predicted molar refractivity (Wildman–Crippen MR) is 95.7 cm³/mol. The molecule has 3 rings (SSSR count). The zero-order valence-electron chi connectivity index (χ0n) is 13.4. The summed E-state index contributed by atoms with van der Waals surface area (Å²) in [5.41, 5.74) is 2.12. The highest BCUT2D eigenvalue weighted by Gasteiger charge is 2.13. The van der Waals surface area contributed by atoms with E-state index in [-0.39, 0.29) is 4.64 Å². The van der Waals surface area contributed by atoms with Gasteiger partial charge in [-0.2, -0.15) is 0 Å². The molecule has 0 bridgehead atoms. The van der Waals surface area contributed by atoms with Crippen molar-refractivity contribution < 1.29 is 4.39 Å². The normalized spacial score (nSPS) is 10.8. The van der Waals surface area contributed by atoms with Gasteiger partial charge < -0.3 is 9.98 Å². The summed E-state index contributed by atoms with van der Waals surface area (Å²) in [6.45, 7) is 3.94. The fraction of sp³-hybridized carbons (Fsp3) is 0.235. The molecule has 0 aliphatic carbocycles. The van der Waals surface area contributed by atoms with Gasteiger partial charge in [-0.15, -0.1) is 0 Å². The number of pyridine rings is 1. The molecule has 0 saturated carbocycles. The van der Waals surface area contributed by atoms with E-state index in [4.69, 9.17) is 12.2 Å². The molecule has 6 heteroatoms. The van der Waals surface area contributed by atoms with Crippen LogP contribution in [-0.2, 0) is 0 Å². The topological polar surface area (TPSA) is 46.0 Å². The number of aliphatic imine (C=N–C) groups is 1. The molecule has 0 amide bonds. The standard InChI is InChI=1S/C13H10FN3S.C4H9N/c1-8-6-15-7-17(8)12-9-4-2-3-5-10(9)16-13(18)11(12)14;1-3-4-5-2/h2-7H,1H3,(H,16,18);4H,3H2,1-2H3. The van der Waals surface area contributed by atoms with Gasteiger partial charge in [0.1, 0.15) is 4.64 Å². The van der Waals surface area contributed by atoms with Gasteiger partial charge in [-0.25, -0.2) is 9.37 Å². The van der Waals surface area contributed by atoms with E-state index in [1.807, 2.05) is 37.4 Å². The average Bonchev–Trinajstić information content (AvgIpc) is 2.96. The fourth-order valence-electron chi connectivity index (χ4n) is 2.21. The quantitative estimate of drug-likeness (QED) is 0.550. The third-order valence-corrected chi connectivity index (χ3v) is 3.55. The van der Waals surface area contributed by atoms with Crippen LogP contribution in [-0.4, -0.2) is 27.8 Å². The van der Waals surface area contributed by atoms with Gasteiger partial charge in [0, 0.05) is 29.8 Å². The van der Waals surface area contributed by atoms with E-state index in [9.17, 15) is 4.39 Å². The van der Waals surface area contributed by atoms with Gasteiger partial charge in [0.2, 0.25) is 0 Å². The molecule has 0 radical (unpaired) electrons. The first-order valence-corrected chi connectivity index (χ1v) is 7.71. The molecule has 120 valence electrons. The minimum Gasteiger partial charge on any atom is -0.344 e. The summed E-state index contributed by atoms with van der Waals surface area (Å²) in [5.74, 6) is -0.426. The summed E-state index contributed by atoms with van der Waals surface area (Å²) in [4.78, 5) is 10.6. The van der Waals surface area contributed by atoms with Crippen molar-refractivity contribution in [3.8, 4) is 5.69 Å². The van der Waals surface area contributed by atoms with Crippen LogP contribution in [0.15, 0.2) is 41.8 Å². The molecule has 23 heavy (non-hydrogen) atoms. The number of nitrogens with zero attached hydrogens (tertiary/aromatic N) is 3. The lowest BCUT2D eigenvalue weighted by Crippen LogP contribution is -2.02. The van der Waals surface area contributed by atoms with Crippen LogP contribution in [0.3, 0.4) is 0 Å². The lowest BCUT2D eigenvalue weighted by Gasteiger charge is -2.10. The van der Waals surface area contributed by atoms with Crippen LogP contribution in [0.4, 0.5) is 4.39 Å². The molecule has 0 fully saturated rings. The predicted octanol–water partition coefficient (Wildman–Crippen LogP) is 4.63. The van der Waals surface area contributed by atoms with Crippen LogP contribution in [0.2, 0.25) is 0 Å². The van der Waals surface area contributed by atoms with Crippen LogP contribution in [0.25, 0.3) is 16.6 Å². The Balaban J connectivity index is 0.000000338. The van der Waals surface area contributed by atoms with Gasteiger partial charge in [0.15, 0.2) is 5.82 Å². The smallest absolute Gasteiger partial charge is 0.182 e. The van der Waals surface area contributed by atoms with E-state index >= 15 is 0 Å². The minimum absolute atomic E-state index is 0.108. The Morgan fingerprint density at radius 2 is 2.13 bits per heavy atom. The Hall–Kier alpha value is -2.34. The van der Waals surface area contributed by atoms with Crippen LogP contribution in [0, 0.1) is 17.4 Å². The number of H-pyrrole nitrogens is 1. The van der Waals surface area contributed by atoms with Crippen LogP contribution < -0.4 is 0 Å². The lowest BCUT2D eigenvalue weighted by molar-refractivity contribution is 0.609. The number of aromatic nitrogens is 3. The zero-order chi connectivity index (χ0) is 16.8. The molecule has 0 saturated heterocycles. The van der Waals surface area contributed by atoms with Crippen LogP contribution >= 0.6 is 12.2 Å². The third-order valence-electron chi connectivity index (χ3n) is 3.27. The summed E-state index contributed by atoms with van der Waals surface area (Å²) in [7, 11) is 1.78. The summed E-state index contributed by atoms with van der Waals surface area (Å²) in [6.07, 6.45) is 6.21. The van der Waals surface area contributed by atoms with E-state index in [0.717, 1.165) is 23.0 Å². The lowest BCUT2D eigenvalue weighted by atomic mass is 10.2. The van der Waals surface area contributed by atoms with Crippen molar-refractivity contribution in [1.29, 1.82) is 0 Å². The molecule has 2 heterocycles. The number of fused-ring (bicyclic) bond motifs is 1. The van der Waals surface area contributed by atoms with Crippen molar-refractivity contribution >= 4 is 29.3 Å². The number of hydrogen-bond acceptors (Lipinski definition) is 3. The van der Waals surface area contributed by atoms with Crippen molar-refractivity contribution in [2.75, 3.05) is 7.05 Å². The highest BCUT2D eigenvalue weighted by molar-refractivity contribution is 7.71. The number of rotatable bonds is 2. The maximum absolute atomic E-state index is 14.3. The van der Waals surface area contributed by atoms with E-state index in [2.05, 4.69) is 21.9 Å². The number of aryl methyl sites for hydroxylation is 1. The number of benzene rings is 1. The first kappa shape index (κ1) is 17.0. The first-order valence-electron chi connectivity index (χ1n) is 7.30. The molecule has 3 aromatic rings. The van der Waals surface area contributed by atoms with Gasteiger partial charge >= 0.3 is 0 Å². The van der Waals surface area contributed by atoms with Gasteiger partial charge in [-0.3, -0.25) is 4.57 Å². The number of para-hydroxylation sites is 1. The summed E-state index contributed by atoms with van der Waals surface area (Å²) in [6, 6.07) is 7.49. The van der Waals surface area contributed by atoms with Crippen LogP contribution in [0.1, 0.15) is 19.0 Å². The maximum atomic E-state index is 14.3. The van der Waals surface area contributed by atoms with Crippen molar-refractivity contribution in [1.82, 2.24) is 14.5 Å². The highest BCUT2D eigenvalue weighted by atomic mass is 32.1. The maximum Gasteiger partial charge on any atom is 0.182 e. The molecule has 0 unspecified atom stereocenters. The largest absolute Gasteiger partial charge is 0.344 e. The Labute approximate surface area is 139 Å². The van der Waals surface area contributed by atoms with Gasteiger partial charge in [-0.05, 0) is 25.6 Å². The molecule has 0 spiro atoms. The zero-order valence-corrected chi connectivity index (χ0v) is 14.2. The summed E-state index contributed by atoms with van der Waals surface area (Å²) >= 11 is 5.02. The number of halogens is 1. The molecule has 2 aromatic heterocycles. The Morgan fingerprint density at radius 3 is 2.70 bits per heavy atom. The highest BCUT2D eigenvalue weighted by Crippen LogP contribution is 2.25. The number of imidazole rings is 1. The SMILES string of the molecule is CCC=NC.Cc1cncn1-c1c(F)c(=S)[nH]c2ccccc12. The van der Waals surface area contributed by atoms with Crippen molar-refractivity contribution in [3.63, 3.8) is 0 Å². The Bertz CT molecular complexity index is 880. The molecule has 0 aliphatic heterocycles. The monoisotopic (exact) mass is 330 g/mol. The number of aromatic amines is 1. The molecule has 1 aromatic carbocycles. The van der Waals surface area contributed by atoms with Crippen LogP contribution in [0.5, 0.6) is 0 Å². The third kappa shape index (κ3) is 3.71. The molecular weight excluding hydrogens is 311 g/mol. The van der Waals surface area contributed by atoms with E-state index in [1.165, 1.54) is 0 Å². The molecule has 0 aliphatic rings. The molecule has 1 N–H and O–H groups in total. The Kier molecular flexibility index (Phi) is 5.76. The molecule has 4 nitrogen and oxygen atoms in total. The van der Waals surface area contributed by atoms with Gasteiger partial charge in [-0.1, -0.05) is 37.3 Å². The van der Waals surface area contributed by atoms with E-state index < -0.39 is 5.82 Å². The summed E-state index contributed by atoms with van der Waals surface area (Å²) < 4.78 is 16.1. The van der Waals surface area contributed by atoms with Gasteiger partial charge in [0.25, 0.3) is 0 Å². The van der Waals surface area contributed by atoms with E-state index in [1.54, 1.807) is 24.1 Å². The molecule has 0 atom stereocenters. The Morgan fingerprint density at radius 1 is 1.39 bits per heavy atom. The van der Waals surface area contributed by atoms with Crippen molar-refractivity contribution in [2.45, 2.75) is 20.3 Å². The second-order valence-corrected chi connectivity index (χ2v) is 5.32. The first-order chi connectivity index (χ1) is 11.1. The fourth-order valence-corrected chi connectivity index (χ4v) is 2.42. The van der Waals surface area contributed by atoms with Gasteiger partial charge in [0.05, 0.1) is 12.0 Å². The van der Waals surface area contributed by atoms with E-state index in [0.29, 0.717) is 5.69 Å². The number of hydrogen-bond donors (Lipinski definition) is 1. The molecular formula is C17H19FN4S.